The first-order valence-corrected chi connectivity index (χ1v) is 5.73. The topological polar surface area (TPSA) is 50.9 Å². The lowest BCUT2D eigenvalue weighted by molar-refractivity contribution is 1.11. The van der Waals surface area contributed by atoms with Gasteiger partial charge in [0.05, 0.1) is 0 Å². The van der Waals surface area contributed by atoms with Gasteiger partial charge in [0.1, 0.15) is 5.82 Å². The third kappa shape index (κ3) is 3.11. The van der Waals surface area contributed by atoms with E-state index in [4.69, 9.17) is 17.3 Å². The summed E-state index contributed by atoms with van der Waals surface area (Å²) in [6.45, 7) is 2.64. The summed E-state index contributed by atoms with van der Waals surface area (Å²) in [6.07, 6.45) is 1.76. The van der Waals surface area contributed by atoms with Gasteiger partial charge >= 0.3 is 0 Å². The Labute approximate surface area is 106 Å². The van der Waals surface area contributed by atoms with Crippen molar-refractivity contribution in [1.82, 2.24) is 4.98 Å². The van der Waals surface area contributed by atoms with Crippen LogP contribution in [0.5, 0.6) is 0 Å². The van der Waals surface area contributed by atoms with Gasteiger partial charge in [0.15, 0.2) is 0 Å². The van der Waals surface area contributed by atoms with Crippen molar-refractivity contribution in [3.05, 3.63) is 52.7 Å². The standard InChI is InChI=1S/C13H14ClN3/c1-9-7-16-13(6-12(9)15)17-8-10-2-4-11(14)5-3-10/h2-7H,8H2,1H3,(H3,15,16,17). The second-order valence-electron chi connectivity index (χ2n) is 3.91. The Bertz CT molecular complexity index is 509. The highest BCUT2D eigenvalue weighted by Gasteiger charge is 1.98. The number of nitrogens with zero attached hydrogens (tertiary/aromatic N) is 1. The molecule has 1 heterocycles. The number of pyridine rings is 1. The molecular weight excluding hydrogens is 234 g/mol. The van der Waals surface area contributed by atoms with Crippen molar-refractivity contribution < 1.29 is 0 Å². The van der Waals surface area contributed by atoms with E-state index < -0.39 is 0 Å². The Kier molecular flexibility index (Phi) is 3.49. The fourth-order valence-corrected chi connectivity index (χ4v) is 1.56. The fraction of sp³-hybridized carbons (Fsp3) is 0.154. The summed E-state index contributed by atoms with van der Waals surface area (Å²) >= 11 is 5.82. The van der Waals surface area contributed by atoms with Gasteiger partial charge in [-0.2, -0.15) is 0 Å². The Hall–Kier alpha value is -1.74. The maximum absolute atomic E-state index is 5.82. The summed E-state index contributed by atoms with van der Waals surface area (Å²) in [5.74, 6) is 0.781. The summed E-state index contributed by atoms with van der Waals surface area (Å²) in [5.41, 5.74) is 8.70. The van der Waals surface area contributed by atoms with Gasteiger partial charge in [0.25, 0.3) is 0 Å². The highest BCUT2D eigenvalue weighted by Crippen LogP contribution is 2.15. The van der Waals surface area contributed by atoms with Crippen molar-refractivity contribution in [2.75, 3.05) is 11.1 Å². The van der Waals surface area contributed by atoms with Gasteiger partial charge in [-0.1, -0.05) is 23.7 Å². The van der Waals surface area contributed by atoms with Gasteiger partial charge in [0.2, 0.25) is 0 Å². The van der Waals surface area contributed by atoms with Crippen molar-refractivity contribution in [2.45, 2.75) is 13.5 Å². The smallest absolute Gasteiger partial charge is 0.128 e. The van der Waals surface area contributed by atoms with E-state index in [9.17, 15) is 0 Å². The molecule has 0 atom stereocenters. The molecule has 17 heavy (non-hydrogen) atoms. The maximum Gasteiger partial charge on any atom is 0.128 e. The van der Waals surface area contributed by atoms with Gasteiger partial charge in [-0.15, -0.1) is 0 Å². The Morgan fingerprint density at radius 1 is 1.29 bits per heavy atom. The van der Waals surface area contributed by atoms with E-state index in [1.807, 2.05) is 37.3 Å². The Morgan fingerprint density at radius 3 is 2.65 bits per heavy atom. The maximum atomic E-state index is 5.82. The van der Waals surface area contributed by atoms with Crippen LogP contribution in [0.1, 0.15) is 11.1 Å². The van der Waals surface area contributed by atoms with Crippen molar-refractivity contribution >= 4 is 23.1 Å². The molecule has 0 fully saturated rings. The minimum absolute atomic E-state index is 0.701. The predicted octanol–water partition coefficient (Wildman–Crippen LogP) is 3.24. The molecule has 0 saturated heterocycles. The van der Waals surface area contributed by atoms with E-state index in [1.165, 1.54) is 0 Å². The molecule has 0 saturated carbocycles. The van der Waals surface area contributed by atoms with Gasteiger partial charge in [-0.05, 0) is 30.2 Å². The summed E-state index contributed by atoms with van der Waals surface area (Å²) in [4.78, 5) is 4.25. The number of hydrogen-bond donors (Lipinski definition) is 2. The second-order valence-corrected chi connectivity index (χ2v) is 4.34. The number of rotatable bonds is 3. The molecule has 0 radical (unpaired) electrons. The van der Waals surface area contributed by atoms with Gasteiger partial charge < -0.3 is 11.1 Å². The number of hydrogen-bond acceptors (Lipinski definition) is 3. The number of aromatic nitrogens is 1. The lowest BCUT2D eigenvalue weighted by Gasteiger charge is -2.07. The first-order chi connectivity index (χ1) is 8.15. The molecule has 88 valence electrons. The molecule has 0 spiro atoms. The van der Waals surface area contributed by atoms with Crippen LogP contribution < -0.4 is 11.1 Å². The van der Waals surface area contributed by atoms with Crippen LogP contribution in [0, 0.1) is 6.92 Å². The zero-order valence-electron chi connectivity index (χ0n) is 9.57. The molecule has 2 rings (SSSR count). The van der Waals surface area contributed by atoms with Crippen LogP contribution in [0.4, 0.5) is 11.5 Å². The number of benzene rings is 1. The summed E-state index contributed by atoms with van der Waals surface area (Å²) in [6, 6.07) is 9.54. The molecule has 0 aliphatic rings. The molecular formula is C13H14ClN3. The van der Waals surface area contributed by atoms with Crippen LogP contribution in [-0.4, -0.2) is 4.98 Å². The van der Waals surface area contributed by atoms with Crippen LogP contribution in [0.15, 0.2) is 36.5 Å². The molecule has 0 bridgehead atoms. The highest BCUT2D eigenvalue weighted by atomic mass is 35.5. The number of anilines is 2. The second kappa shape index (κ2) is 5.06. The number of nitrogens with one attached hydrogen (secondary N) is 1. The third-order valence-electron chi connectivity index (χ3n) is 2.53. The molecule has 3 nitrogen and oxygen atoms in total. The molecule has 1 aromatic heterocycles. The molecule has 0 aliphatic carbocycles. The highest BCUT2D eigenvalue weighted by molar-refractivity contribution is 6.30. The lowest BCUT2D eigenvalue weighted by atomic mass is 10.2. The van der Waals surface area contributed by atoms with Crippen LogP contribution in [-0.2, 0) is 6.54 Å². The zero-order chi connectivity index (χ0) is 12.3. The first kappa shape index (κ1) is 11.7. The normalized spacial score (nSPS) is 10.2. The summed E-state index contributed by atoms with van der Waals surface area (Å²) in [5, 5.41) is 3.96. The van der Waals surface area contributed by atoms with Crippen LogP contribution in [0.25, 0.3) is 0 Å². The minimum atomic E-state index is 0.701. The summed E-state index contributed by atoms with van der Waals surface area (Å²) < 4.78 is 0. The van der Waals surface area contributed by atoms with E-state index in [0.717, 1.165) is 27.7 Å². The quantitative estimate of drug-likeness (QED) is 0.876. The zero-order valence-corrected chi connectivity index (χ0v) is 10.3. The lowest BCUT2D eigenvalue weighted by Crippen LogP contribution is -2.02. The van der Waals surface area contributed by atoms with Gasteiger partial charge in [0, 0.05) is 29.5 Å². The SMILES string of the molecule is Cc1cnc(NCc2ccc(Cl)cc2)cc1N. The van der Waals surface area contributed by atoms with E-state index in [1.54, 1.807) is 6.20 Å². The number of halogens is 1. The number of nitrogen functional groups attached to an aromatic ring is 1. The predicted molar refractivity (Wildman–Crippen MR) is 72.2 cm³/mol. The molecule has 0 aliphatic heterocycles. The van der Waals surface area contributed by atoms with Crippen molar-refractivity contribution in [2.24, 2.45) is 0 Å². The third-order valence-corrected chi connectivity index (χ3v) is 2.78. The first-order valence-electron chi connectivity index (χ1n) is 5.35. The average molecular weight is 248 g/mol. The largest absolute Gasteiger partial charge is 0.398 e. The molecule has 3 N–H and O–H groups in total. The monoisotopic (exact) mass is 247 g/mol. The molecule has 0 amide bonds. The molecule has 4 heteroatoms. The molecule has 2 aromatic rings. The minimum Gasteiger partial charge on any atom is -0.398 e. The van der Waals surface area contributed by atoms with Gasteiger partial charge in [-0.3, -0.25) is 0 Å². The van der Waals surface area contributed by atoms with Crippen LogP contribution >= 0.6 is 11.6 Å². The molecule has 0 unspecified atom stereocenters. The van der Waals surface area contributed by atoms with E-state index in [0.29, 0.717) is 6.54 Å². The molecule has 1 aromatic carbocycles. The fourth-order valence-electron chi connectivity index (χ4n) is 1.43. The van der Waals surface area contributed by atoms with Crippen LogP contribution in [0.2, 0.25) is 5.02 Å². The van der Waals surface area contributed by atoms with Crippen molar-refractivity contribution in [1.29, 1.82) is 0 Å². The van der Waals surface area contributed by atoms with Crippen molar-refractivity contribution in [3.63, 3.8) is 0 Å². The Balaban J connectivity index is 2.02. The van der Waals surface area contributed by atoms with Crippen LogP contribution in [0.3, 0.4) is 0 Å². The Morgan fingerprint density at radius 2 is 2.00 bits per heavy atom. The van der Waals surface area contributed by atoms with E-state index in [2.05, 4.69) is 10.3 Å². The van der Waals surface area contributed by atoms with Gasteiger partial charge in [-0.25, -0.2) is 4.98 Å². The number of nitrogens with two attached hydrogens (primary N) is 1. The van der Waals surface area contributed by atoms with E-state index >= 15 is 0 Å². The van der Waals surface area contributed by atoms with Crippen molar-refractivity contribution in [3.8, 4) is 0 Å². The van der Waals surface area contributed by atoms with E-state index in [-0.39, 0.29) is 0 Å². The number of aryl methyl sites for hydroxylation is 1. The average Bonchev–Trinajstić information content (AvgIpc) is 2.33. The summed E-state index contributed by atoms with van der Waals surface area (Å²) in [7, 11) is 0.